The molecule has 2 heterocycles. The van der Waals surface area contributed by atoms with Gasteiger partial charge in [0.05, 0.1) is 0 Å². The highest BCUT2D eigenvalue weighted by atomic mass is 32.1. The van der Waals surface area contributed by atoms with Crippen molar-refractivity contribution >= 4 is 39.8 Å². The first-order chi connectivity index (χ1) is 12.2. The van der Waals surface area contributed by atoms with Crippen LogP contribution in [0.2, 0.25) is 0 Å². The zero-order chi connectivity index (χ0) is 19.4. The maximum absolute atomic E-state index is 12.8. The Balaban J connectivity index is 2.33. The third kappa shape index (κ3) is 4.67. The van der Waals surface area contributed by atoms with Crippen molar-refractivity contribution in [2.75, 3.05) is 13.1 Å². The molecule has 0 unspecified atom stereocenters. The molecule has 2 aromatic heterocycles. The van der Waals surface area contributed by atoms with Gasteiger partial charge in [-0.3, -0.25) is 14.2 Å². The van der Waals surface area contributed by atoms with Crippen LogP contribution < -0.4 is 5.56 Å². The third-order valence-corrected chi connectivity index (χ3v) is 5.21. The quantitative estimate of drug-likeness (QED) is 0.509. The molecule has 142 valence electrons. The summed E-state index contributed by atoms with van der Waals surface area (Å²) in [5.74, 6) is 0.672. The molecule has 0 spiro atoms. The van der Waals surface area contributed by atoms with Gasteiger partial charge in [0.25, 0.3) is 5.56 Å². The highest BCUT2D eigenvalue weighted by Crippen LogP contribution is 2.17. The van der Waals surface area contributed by atoms with Gasteiger partial charge in [0.2, 0.25) is 5.91 Å². The van der Waals surface area contributed by atoms with E-state index in [0.29, 0.717) is 45.8 Å². The van der Waals surface area contributed by atoms with Gasteiger partial charge in [0.1, 0.15) is 17.6 Å². The minimum atomic E-state index is -0.226. The molecular weight excluding hydrogens is 368 g/mol. The van der Waals surface area contributed by atoms with E-state index in [1.54, 1.807) is 10.6 Å². The number of carbonyl (C=O) groups is 1. The largest absolute Gasteiger partial charge is 0.341 e. The van der Waals surface area contributed by atoms with E-state index < -0.39 is 0 Å². The van der Waals surface area contributed by atoms with Crippen LogP contribution in [0.5, 0.6) is 0 Å². The van der Waals surface area contributed by atoms with E-state index in [2.05, 4.69) is 39.3 Å². The van der Waals surface area contributed by atoms with E-state index in [4.69, 9.17) is 12.2 Å². The number of hydrogen-bond acceptors (Lipinski definition) is 5. The van der Waals surface area contributed by atoms with Crippen LogP contribution in [-0.4, -0.2) is 38.0 Å². The molecule has 0 fully saturated rings. The molecule has 0 saturated carbocycles. The molecule has 0 saturated heterocycles. The van der Waals surface area contributed by atoms with Crippen molar-refractivity contribution < 1.29 is 4.79 Å². The van der Waals surface area contributed by atoms with Crippen LogP contribution in [0.15, 0.2) is 23.8 Å². The van der Waals surface area contributed by atoms with Gasteiger partial charge >= 0.3 is 0 Å². The van der Waals surface area contributed by atoms with Crippen molar-refractivity contribution in [2.45, 2.75) is 40.8 Å². The minimum Gasteiger partial charge on any atom is -0.341 e. The lowest BCUT2D eigenvalue weighted by molar-refractivity contribution is -0.133. The molecule has 1 amide bonds. The van der Waals surface area contributed by atoms with Gasteiger partial charge < -0.3 is 9.47 Å². The molecule has 2 aromatic rings. The summed E-state index contributed by atoms with van der Waals surface area (Å²) >= 11 is 6.54. The third-order valence-electron chi connectivity index (χ3n) is 3.78. The molecule has 0 bridgehead atoms. The lowest BCUT2D eigenvalue weighted by atomic mass is 10.1. The second-order valence-corrected chi connectivity index (χ2v) is 8.83. The Morgan fingerprint density at radius 2 is 1.96 bits per heavy atom. The van der Waals surface area contributed by atoms with Crippen LogP contribution in [0, 0.1) is 15.8 Å². The summed E-state index contributed by atoms with van der Waals surface area (Å²) in [6.07, 6.45) is 3.15. The van der Waals surface area contributed by atoms with Crippen molar-refractivity contribution in [1.82, 2.24) is 19.0 Å². The molecule has 8 heteroatoms. The summed E-state index contributed by atoms with van der Waals surface area (Å²) in [4.78, 5) is 31.7. The van der Waals surface area contributed by atoms with Gasteiger partial charge in [-0.15, -0.1) is 6.58 Å². The first-order valence-corrected chi connectivity index (χ1v) is 9.94. The zero-order valence-electron chi connectivity index (χ0n) is 15.8. The van der Waals surface area contributed by atoms with Crippen molar-refractivity contribution in [2.24, 2.45) is 11.8 Å². The molecule has 0 N–H and O–H groups in total. The Morgan fingerprint density at radius 1 is 1.35 bits per heavy atom. The maximum Gasteiger partial charge on any atom is 0.273 e. The van der Waals surface area contributed by atoms with Gasteiger partial charge in [-0.05, 0) is 24.1 Å². The minimum absolute atomic E-state index is 0.00661. The number of aromatic nitrogens is 3. The molecule has 0 aliphatic heterocycles. The zero-order valence-corrected chi connectivity index (χ0v) is 17.4. The first-order valence-electron chi connectivity index (χ1n) is 8.72. The lowest BCUT2D eigenvalue weighted by Crippen LogP contribution is -2.40. The second-order valence-electron chi connectivity index (χ2n) is 7.18. The van der Waals surface area contributed by atoms with Crippen LogP contribution in [0.4, 0.5) is 0 Å². The summed E-state index contributed by atoms with van der Waals surface area (Å²) in [6, 6.07) is 0. The number of amides is 1. The second kappa shape index (κ2) is 8.73. The van der Waals surface area contributed by atoms with E-state index in [0.717, 1.165) is 0 Å². The molecule has 2 rings (SSSR count). The monoisotopic (exact) mass is 394 g/mol. The Labute approximate surface area is 162 Å². The molecule has 26 heavy (non-hydrogen) atoms. The van der Waals surface area contributed by atoms with Crippen LogP contribution in [0.3, 0.4) is 0 Å². The molecule has 0 aromatic carbocycles. The van der Waals surface area contributed by atoms with Crippen LogP contribution in [-0.2, 0) is 17.9 Å². The fourth-order valence-electron chi connectivity index (χ4n) is 2.78. The topological polar surface area (TPSA) is 60.1 Å². The van der Waals surface area contributed by atoms with E-state index in [-0.39, 0.29) is 18.0 Å². The standard InChI is InChI=1S/C18H26N4O2S2/c1-6-7-22-16-15(26-18(22)25)17(24)21(11-19-16)10-14(23)20(8-12(2)3)9-13(4)5/h6,11-13H,1,7-10H2,2-5H3. The van der Waals surface area contributed by atoms with Gasteiger partial charge in [-0.1, -0.05) is 45.1 Å². The number of hydrogen-bond donors (Lipinski definition) is 0. The van der Waals surface area contributed by atoms with Gasteiger partial charge in [-0.25, -0.2) is 4.98 Å². The Hall–Kier alpha value is -1.80. The van der Waals surface area contributed by atoms with E-state index >= 15 is 0 Å². The van der Waals surface area contributed by atoms with Crippen LogP contribution in [0.25, 0.3) is 10.3 Å². The van der Waals surface area contributed by atoms with Gasteiger partial charge in [0.15, 0.2) is 9.60 Å². The number of carbonyl (C=O) groups excluding carboxylic acids is 1. The summed E-state index contributed by atoms with van der Waals surface area (Å²) in [5.41, 5.74) is 0.325. The fraction of sp³-hybridized carbons (Fsp3) is 0.556. The molecule has 6 nitrogen and oxygen atoms in total. The highest BCUT2D eigenvalue weighted by Gasteiger charge is 2.19. The fourth-order valence-corrected chi connectivity index (χ4v) is 4.10. The summed E-state index contributed by atoms with van der Waals surface area (Å²) in [7, 11) is 0. The summed E-state index contributed by atoms with van der Waals surface area (Å²) in [5, 5.41) is 0. The molecule has 0 aliphatic rings. The van der Waals surface area contributed by atoms with Crippen LogP contribution >= 0.6 is 23.6 Å². The van der Waals surface area contributed by atoms with Crippen molar-refractivity contribution in [1.29, 1.82) is 0 Å². The van der Waals surface area contributed by atoms with Crippen molar-refractivity contribution in [3.8, 4) is 0 Å². The number of fused-ring (bicyclic) bond motifs is 1. The van der Waals surface area contributed by atoms with Gasteiger partial charge in [0, 0.05) is 19.6 Å². The highest BCUT2D eigenvalue weighted by molar-refractivity contribution is 7.73. The predicted octanol–water partition coefficient (Wildman–Crippen LogP) is 3.32. The number of rotatable bonds is 8. The predicted molar refractivity (Wildman–Crippen MR) is 109 cm³/mol. The van der Waals surface area contributed by atoms with E-state index in [1.807, 2.05) is 4.90 Å². The normalized spacial score (nSPS) is 11.5. The number of thiazole rings is 1. The average molecular weight is 395 g/mol. The molecule has 0 radical (unpaired) electrons. The van der Waals surface area contributed by atoms with Gasteiger partial charge in [-0.2, -0.15) is 0 Å². The van der Waals surface area contributed by atoms with E-state index in [1.165, 1.54) is 22.2 Å². The molecule has 0 atom stereocenters. The Kier molecular flexibility index (Phi) is 6.88. The summed E-state index contributed by atoms with van der Waals surface area (Å²) < 4.78 is 4.21. The van der Waals surface area contributed by atoms with Crippen molar-refractivity contribution in [3.63, 3.8) is 0 Å². The average Bonchev–Trinajstić information content (AvgIpc) is 2.86. The van der Waals surface area contributed by atoms with Crippen LogP contribution in [0.1, 0.15) is 27.7 Å². The first kappa shape index (κ1) is 20.5. The number of nitrogens with zero attached hydrogens (tertiary/aromatic N) is 4. The van der Waals surface area contributed by atoms with E-state index in [9.17, 15) is 9.59 Å². The number of allylic oxidation sites excluding steroid dienone is 1. The smallest absolute Gasteiger partial charge is 0.273 e. The Morgan fingerprint density at radius 3 is 2.50 bits per heavy atom. The SMILES string of the molecule is C=CCn1c(=S)sc2c(=O)n(CC(=O)N(CC(C)C)CC(C)C)cnc21. The van der Waals surface area contributed by atoms with Crippen molar-refractivity contribution in [3.05, 3.63) is 33.3 Å². The molecular formula is C18H26N4O2S2. The summed E-state index contributed by atoms with van der Waals surface area (Å²) in [6.45, 7) is 13.9. The maximum atomic E-state index is 12.8. The Bertz CT molecular complexity index is 898. The lowest BCUT2D eigenvalue weighted by Gasteiger charge is -2.26. The molecule has 0 aliphatic carbocycles.